The molecule has 1 saturated heterocycles. The van der Waals surface area contributed by atoms with Crippen LogP contribution in [0.1, 0.15) is 17.5 Å². The molecule has 2 aromatic rings. The number of halogens is 1. The number of β-amino-alcohol motifs (C(OH)–C–C–N with tert-alkyl or cyclic N) is 1. The number of rotatable bonds is 2. The Balaban J connectivity index is 0.00000144. The van der Waals surface area contributed by atoms with Crippen LogP contribution in [0.2, 0.25) is 0 Å². The van der Waals surface area contributed by atoms with Gasteiger partial charge < -0.3 is 15.7 Å². The SMILES string of the molecule is Cl.O=C(Nc1ccc2c3c(cccc13)CC2)C1CC(O)CN1. The molecule has 0 bridgehead atoms. The minimum absolute atomic E-state index is 0. The van der Waals surface area contributed by atoms with Crippen molar-refractivity contribution in [1.29, 1.82) is 0 Å². The van der Waals surface area contributed by atoms with Gasteiger partial charge in [-0.1, -0.05) is 24.3 Å². The zero-order chi connectivity index (χ0) is 14.4. The maximum absolute atomic E-state index is 12.3. The number of aliphatic hydroxyl groups excluding tert-OH is 1. The second kappa shape index (κ2) is 5.88. The quantitative estimate of drug-likeness (QED) is 0.794. The number of amides is 1. The van der Waals surface area contributed by atoms with Gasteiger partial charge in [0.15, 0.2) is 0 Å². The first-order chi connectivity index (χ1) is 10.2. The largest absolute Gasteiger partial charge is 0.392 e. The van der Waals surface area contributed by atoms with Crippen molar-refractivity contribution in [1.82, 2.24) is 5.32 Å². The van der Waals surface area contributed by atoms with Gasteiger partial charge in [0.1, 0.15) is 0 Å². The summed E-state index contributed by atoms with van der Waals surface area (Å²) in [5, 5.41) is 18.0. The molecule has 1 amide bonds. The van der Waals surface area contributed by atoms with Crippen molar-refractivity contribution in [2.75, 3.05) is 11.9 Å². The fraction of sp³-hybridized carbons (Fsp3) is 0.353. The van der Waals surface area contributed by atoms with Gasteiger partial charge in [0.25, 0.3) is 0 Å². The molecule has 0 aromatic heterocycles. The van der Waals surface area contributed by atoms with Crippen molar-refractivity contribution in [2.45, 2.75) is 31.4 Å². The van der Waals surface area contributed by atoms with Gasteiger partial charge in [-0.05, 0) is 41.8 Å². The van der Waals surface area contributed by atoms with E-state index in [2.05, 4.69) is 34.9 Å². The lowest BCUT2D eigenvalue weighted by atomic mass is 10.0. The first-order valence-corrected chi connectivity index (χ1v) is 7.48. The maximum atomic E-state index is 12.3. The van der Waals surface area contributed by atoms with E-state index in [9.17, 15) is 9.90 Å². The van der Waals surface area contributed by atoms with Gasteiger partial charge in [-0.25, -0.2) is 0 Å². The van der Waals surface area contributed by atoms with Crippen LogP contribution in [0.3, 0.4) is 0 Å². The van der Waals surface area contributed by atoms with Gasteiger partial charge in [-0.15, -0.1) is 12.4 Å². The number of nitrogens with one attached hydrogen (secondary N) is 2. The monoisotopic (exact) mass is 318 g/mol. The predicted octanol–water partition coefficient (Wildman–Crippen LogP) is 2.02. The molecule has 116 valence electrons. The fourth-order valence-electron chi connectivity index (χ4n) is 3.49. The highest BCUT2D eigenvalue weighted by atomic mass is 35.5. The molecule has 1 fully saturated rings. The molecule has 0 spiro atoms. The van der Waals surface area contributed by atoms with Crippen molar-refractivity contribution < 1.29 is 9.90 Å². The summed E-state index contributed by atoms with van der Waals surface area (Å²) >= 11 is 0. The minimum atomic E-state index is -0.423. The summed E-state index contributed by atoms with van der Waals surface area (Å²) < 4.78 is 0. The van der Waals surface area contributed by atoms with E-state index in [1.165, 1.54) is 16.5 Å². The fourth-order valence-corrected chi connectivity index (χ4v) is 3.49. The van der Waals surface area contributed by atoms with Crippen LogP contribution >= 0.6 is 12.4 Å². The van der Waals surface area contributed by atoms with Gasteiger partial charge >= 0.3 is 0 Å². The van der Waals surface area contributed by atoms with Gasteiger partial charge in [0.2, 0.25) is 5.91 Å². The molecule has 1 aliphatic heterocycles. The van der Waals surface area contributed by atoms with Crippen molar-refractivity contribution in [3.63, 3.8) is 0 Å². The summed E-state index contributed by atoms with van der Waals surface area (Å²) in [4.78, 5) is 12.3. The Labute approximate surface area is 135 Å². The van der Waals surface area contributed by atoms with E-state index in [4.69, 9.17) is 0 Å². The van der Waals surface area contributed by atoms with Crippen LogP contribution in [0, 0.1) is 0 Å². The number of hydrogen-bond donors (Lipinski definition) is 3. The average molecular weight is 319 g/mol. The highest BCUT2D eigenvalue weighted by molar-refractivity contribution is 6.06. The second-order valence-corrected chi connectivity index (χ2v) is 5.95. The van der Waals surface area contributed by atoms with Crippen molar-refractivity contribution in [3.8, 4) is 0 Å². The zero-order valence-electron chi connectivity index (χ0n) is 12.1. The number of carbonyl (C=O) groups is 1. The minimum Gasteiger partial charge on any atom is -0.392 e. The number of benzene rings is 2. The first kappa shape index (κ1) is 15.3. The lowest BCUT2D eigenvalue weighted by Crippen LogP contribution is -2.35. The number of aryl methyl sites for hydroxylation is 2. The van der Waals surface area contributed by atoms with Gasteiger partial charge in [0, 0.05) is 17.6 Å². The van der Waals surface area contributed by atoms with Crippen LogP contribution in [0.15, 0.2) is 30.3 Å². The van der Waals surface area contributed by atoms with Gasteiger partial charge in [-0.3, -0.25) is 4.79 Å². The third kappa shape index (κ3) is 2.47. The highest BCUT2D eigenvalue weighted by Gasteiger charge is 2.28. The van der Waals surface area contributed by atoms with Gasteiger partial charge in [0.05, 0.1) is 12.1 Å². The summed E-state index contributed by atoms with van der Waals surface area (Å²) in [5.74, 6) is -0.0646. The Morgan fingerprint density at radius 3 is 2.68 bits per heavy atom. The van der Waals surface area contributed by atoms with Crippen molar-refractivity contribution >= 4 is 34.8 Å². The van der Waals surface area contributed by atoms with E-state index in [0.717, 1.165) is 23.9 Å². The molecule has 0 radical (unpaired) electrons. The molecular formula is C17H19ClN2O2. The number of anilines is 1. The third-order valence-corrected chi connectivity index (χ3v) is 4.56. The molecule has 0 saturated carbocycles. The molecule has 2 atom stereocenters. The van der Waals surface area contributed by atoms with E-state index in [1.54, 1.807) is 0 Å². The van der Waals surface area contributed by atoms with Crippen LogP contribution < -0.4 is 10.6 Å². The second-order valence-electron chi connectivity index (χ2n) is 5.95. The number of aliphatic hydroxyl groups is 1. The molecule has 2 aliphatic rings. The van der Waals surface area contributed by atoms with Crippen molar-refractivity contribution in [2.24, 2.45) is 0 Å². The maximum Gasteiger partial charge on any atom is 0.241 e. The normalized spacial score (nSPS) is 22.6. The van der Waals surface area contributed by atoms with E-state index >= 15 is 0 Å². The molecule has 4 nitrogen and oxygen atoms in total. The Morgan fingerprint density at radius 1 is 1.18 bits per heavy atom. The Kier molecular flexibility index (Phi) is 4.08. The summed E-state index contributed by atoms with van der Waals surface area (Å²) in [6.07, 6.45) is 2.22. The smallest absolute Gasteiger partial charge is 0.241 e. The van der Waals surface area contributed by atoms with E-state index in [0.29, 0.717) is 13.0 Å². The Bertz CT molecular complexity index is 722. The number of hydrogen-bond acceptors (Lipinski definition) is 3. The molecule has 3 N–H and O–H groups in total. The topological polar surface area (TPSA) is 61.4 Å². The predicted molar refractivity (Wildman–Crippen MR) is 89.6 cm³/mol. The van der Waals surface area contributed by atoms with Crippen molar-refractivity contribution in [3.05, 3.63) is 41.5 Å². The molecule has 1 aliphatic carbocycles. The van der Waals surface area contributed by atoms with E-state index in [1.807, 2.05) is 6.07 Å². The van der Waals surface area contributed by atoms with Gasteiger partial charge in [-0.2, -0.15) is 0 Å². The summed E-state index contributed by atoms with van der Waals surface area (Å²) in [6.45, 7) is 0.488. The lowest BCUT2D eigenvalue weighted by Gasteiger charge is -2.14. The van der Waals surface area contributed by atoms with Crippen LogP contribution in [-0.4, -0.2) is 29.7 Å². The standard InChI is InChI=1S/C17H18N2O2.ClH/c20-12-8-15(18-9-12)17(21)19-14-7-6-11-5-4-10-2-1-3-13(14)16(10)11;/h1-3,6-7,12,15,18,20H,4-5,8-9H2,(H,19,21);1H. The molecule has 5 heteroatoms. The van der Waals surface area contributed by atoms with Crippen LogP contribution in [0.4, 0.5) is 5.69 Å². The molecule has 2 unspecified atom stereocenters. The third-order valence-electron chi connectivity index (χ3n) is 4.56. The summed E-state index contributed by atoms with van der Waals surface area (Å²) in [6, 6.07) is 10.1. The summed E-state index contributed by atoms with van der Waals surface area (Å²) in [7, 11) is 0. The zero-order valence-corrected chi connectivity index (χ0v) is 13.0. The van der Waals surface area contributed by atoms with Crippen LogP contribution in [0.25, 0.3) is 10.8 Å². The summed E-state index contributed by atoms with van der Waals surface area (Å²) in [5.41, 5.74) is 3.60. The first-order valence-electron chi connectivity index (χ1n) is 7.48. The Morgan fingerprint density at radius 2 is 1.95 bits per heavy atom. The van der Waals surface area contributed by atoms with E-state index < -0.39 is 6.10 Å². The number of carbonyl (C=O) groups excluding carboxylic acids is 1. The molecular weight excluding hydrogens is 300 g/mol. The van der Waals surface area contributed by atoms with Crippen LogP contribution in [0.5, 0.6) is 0 Å². The Hall–Kier alpha value is -1.62. The highest BCUT2D eigenvalue weighted by Crippen LogP contribution is 2.35. The molecule has 4 rings (SSSR count). The molecule has 22 heavy (non-hydrogen) atoms. The molecule has 1 heterocycles. The van der Waals surface area contributed by atoms with Crippen LogP contribution in [-0.2, 0) is 17.6 Å². The average Bonchev–Trinajstić information content (AvgIpc) is 3.10. The molecule has 2 aromatic carbocycles. The van der Waals surface area contributed by atoms with E-state index in [-0.39, 0.29) is 24.4 Å². The lowest BCUT2D eigenvalue weighted by molar-refractivity contribution is -0.117.